The first kappa shape index (κ1) is 14.6. The lowest BCUT2D eigenvalue weighted by Crippen LogP contribution is -2.27. The third-order valence-electron chi connectivity index (χ3n) is 3.33. The molecule has 0 aliphatic rings. The lowest BCUT2D eigenvalue weighted by atomic mass is 10.1. The summed E-state index contributed by atoms with van der Waals surface area (Å²) in [5, 5.41) is 3.38. The normalized spacial score (nSPS) is 12.1. The molecule has 0 heterocycles. The van der Waals surface area contributed by atoms with E-state index in [-0.39, 0.29) is 0 Å². The molecular formula is C18H23NO. The summed E-state index contributed by atoms with van der Waals surface area (Å²) in [5.74, 6) is 0.938. The second-order valence-electron chi connectivity index (χ2n) is 4.99. The van der Waals surface area contributed by atoms with E-state index in [1.165, 1.54) is 11.1 Å². The highest BCUT2D eigenvalue weighted by molar-refractivity contribution is 5.63. The first-order valence-corrected chi connectivity index (χ1v) is 7.31. The van der Waals surface area contributed by atoms with Gasteiger partial charge in [0.2, 0.25) is 0 Å². The average molecular weight is 269 g/mol. The Hall–Kier alpha value is -1.80. The van der Waals surface area contributed by atoms with E-state index in [9.17, 15) is 0 Å². The molecule has 2 aromatic rings. The van der Waals surface area contributed by atoms with Gasteiger partial charge in [0, 0.05) is 6.04 Å². The van der Waals surface area contributed by atoms with Gasteiger partial charge in [0.05, 0.1) is 6.61 Å². The zero-order chi connectivity index (χ0) is 14.2. The van der Waals surface area contributed by atoms with Crippen LogP contribution in [0.4, 0.5) is 0 Å². The van der Waals surface area contributed by atoms with E-state index in [4.69, 9.17) is 4.74 Å². The smallest absolute Gasteiger partial charge is 0.119 e. The van der Waals surface area contributed by atoms with Crippen LogP contribution in [0, 0.1) is 0 Å². The molecule has 20 heavy (non-hydrogen) atoms. The Morgan fingerprint density at radius 1 is 0.950 bits per heavy atom. The molecule has 0 saturated carbocycles. The van der Waals surface area contributed by atoms with Gasteiger partial charge in [0.25, 0.3) is 0 Å². The largest absolute Gasteiger partial charge is 0.494 e. The van der Waals surface area contributed by atoms with Crippen LogP contribution in [0.1, 0.15) is 20.3 Å². The fraction of sp³-hybridized carbons (Fsp3) is 0.333. The fourth-order valence-electron chi connectivity index (χ4n) is 2.18. The van der Waals surface area contributed by atoms with E-state index in [1.54, 1.807) is 0 Å². The van der Waals surface area contributed by atoms with Crippen molar-refractivity contribution in [2.45, 2.75) is 26.3 Å². The first-order valence-electron chi connectivity index (χ1n) is 7.31. The minimum atomic E-state index is 0.503. The monoisotopic (exact) mass is 269 g/mol. The second-order valence-corrected chi connectivity index (χ2v) is 4.99. The molecule has 0 saturated heterocycles. The topological polar surface area (TPSA) is 21.3 Å². The molecule has 2 rings (SSSR count). The average Bonchev–Trinajstić information content (AvgIpc) is 2.49. The van der Waals surface area contributed by atoms with E-state index in [2.05, 4.69) is 55.6 Å². The SMILES string of the molecule is CCNC(C)CCOc1ccc(-c2ccccc2)cc1. The summed E-state index contributed by atoms with van der Waals surface area (Å²) < 4.78 is 5.77. The maximum Gasteiger partial charge on any atom is 0.119 e. The molecule has 1 N–H and O–H groups in total. The Morgan fingerprint density at radius 2 is 1.60 bits per heavy atom. The number of benzene rings is 2. The van der Waals surface area contributed by atoms with Gasteiger partial charge in [-0.1, -0.05) is 49.4 Å². The molecule has 0 radical (unpaired) electrons. The van der Waals surface area contributed by atoms with Crippen LogP contribution in [0.2, 0.25) is 0 Å². The predicted molar refractivity (Wildman–Crippen MR) is 85.1 cm³/mol. The van der Waals surface area contributed by atoms with Crippen molar-refractivity contribution in [2.75, 3.05) is 13.2 Å². The van der Waals surface area contributed by atoms with Crippen molar-refractivity contribution in [3.05, 3.63) is 54.6 Å². The molecule has 2 nitrogen and oxygen atoms in total. The van der Waals surface area contributed by atoms with Crippen molar-refractivity contribution < 1.29 is 4.74 Å². The molecule has 0 amide bonds. The Morgan fingerprint density at radius 3 is 2.25 bits per heavy atom. The van der Waals surface area contributed by atoms with Crippen molar-refractivity contribution in [1.29, 1.82) is 0 Å². The Kier molecular flexibility index (Phi) is 5.63. The van der Waals surface area contributed by atoms with Crippen LogP contribution < -0.4 is 10.1 Å². The van der Waals surface area contributed by atoms with E-state index < -0.39 is 0 Å². The van der Waals surface area contributed by atoms with Crippen LogP contribution in [0.3, 0.4) is 0 Å². The highest BCUT2D eigenvalue weighted by Crippen LogP contribution is 2.22. The lowest BCUT2D eigenvalue weighted by Gasteiger charge is -2.13. The van der Waals surface area contributed by atoms with Gasteiger partial charge in [-0.05, 0) is 43.1 Å². The second kappa shape index (κ2) is 7.71. The van der Waals surface area contributed by atoms with Crippen LogP contribution >= 0.6 is 0 Å². The summed E-state index contributed by atoms with van der Waals surface area (Å²) in [7, 11) is 0. The van der Waals surface area contributed by atoms with Crippen molar-refractivity contribution in [1.82, 2.24) is 5.32 Å². The molecule has 2 heteroatoms. The number of hydrogen-bond donors (Lipinski definition) is 1. The van der Waals surface area contributed by atoms with E-state index >= 15 is 0 Å². The van der Waals surface area contributed by atoms with Gasteiger partial charge in [-0.15, -0.1) is 0 Å². The maximum atomic E-state index is 5.77. The Bertz CT molecular complexity index is 493. The van der Waals surface area contributed by atoms with Crippen molar-refractivity contribution >= 4 is 0 Å². The van der Waals surface area contributed by atoms with Crippen molar-refractivity contribution in [2.24, 2.45) is 0 Å². The molecule has 1 unspecified atom stereocenters. The third-order valence-corrected chi connectivity index (χ3v) is 3.33. The molecule has 2 aromatic carbocycles. The zero-order valence-electron chi connectivity index (χ0n) is 12.3. The minimum absolute atomic E-state index is 0.503. The van der Waals surface area contributed by atoms with Crippen LogP contribution in [-0.4, -0.2) is 19.2 Å². The van der Waals surface area contributed by atoms with E-state index in [0.717, 1.165) is 25.3 Å². The molecule has 0 aliphatic carbocycles. The predicted octanol–water partition coefficient (Wildman–Crippen LogP) is 4.12. The van der Waals surface area contributed by atoms with Gasteiger partial charge >= 0.3 is 0 Å². The number of rotatable bonds is 7. The maximum absolute atomic E-state index is 5.77. The van der Waals surface area contributed by atoms with Crippen LogP contribution in [0.15, 0.2) is 54.6 Å². The highest BCUT2D eigenvalue weighted by atomic mass is 16.5. The molecule has 0 bridgehead atoms. The van der Waals surface area contributed by atoms with Gasteiger partial charge in [-0.2, -0.15) is 0 Å². The lowest BCUT2D eigenvalue weighted by molar-refractivity contribution is 0.291. The van der Waals surface area contributed by atoms with Gasteiger partial charge in [0.15, 0.2) is 0 Å². The van der Waals surface area contributed by atoms with Crippen molar-refractivity contribution in [3.8, 4) is 16.9 Å². The summed E-state index contributed by atoms with van der Waals surface area (Å²) >= 11 is 0. The van der Waals surface area contributed by atoms with Gasteiger partial charge in [0.1, 0.15) is 5.75 Å². The highest BCUT2D eigenvalue weighted by Gasteiger charge is 2.01. The fourth-order valence-corrected chi connectivity index (χ4v) is 2.18. The summed E-state index contributed by atoms with van der Waals surface area (Å²) in [5.41, 5.74) is 2.46. The molecule has 0 spiro atoms. The standard InChI is InChI=1S/C18H23NO/c1-3-19-15(2)13-14-20-18-11-9-17(10-12-18)16-7-5-4-6-8-16/h4-12,15,19H,3,13-14H2,1-2H3. The third kappa shape index (κ3) is 4.39. The van der Waals surface area contributed by atoms with E-state index in [0.29, 0.717) is 6.04 Å². The molecule has 1 atom stereocenters. The molecule has 0 aromatic heterocycles. The zero-order valence-corrected chi connectivity index (χ0v) is 12.3. The van der Waals surface area contributed by atoms with Gasteiger partial charge < -0.3 is 10.1 Å². The number of nitrogens with one attached hydrogen (secondary N) is 1. The van der Waals surface area contributed by atoms with Crippen LogP contribution in [-0.2, 0) is 0 Å². The summed E-state index contributed by atoms with van der Waals surface area (Å²) in [4.78, 5) is 0. The van der Waals surface area contributed by atoms with Crippen LogP contribution in [0.25, 0.3) is 11.1 Å². The number of hydrogen-bond acceptors (Lipinski definition) is 2. The molecule has 0 fully saturated rings. The molecule has 0 aliphatic heterocycles. The Balaban J connectivity index is 1.86. The molecular weight excluding hydrogens is 246 g/mol. The van der Waals surface area contributed by atoms with Gasteiger partial charge in [-0.25, -0.2) is 0 Å². The Labute approximate surface area is 121 Å². The minimum Gasteiger partial charge on any atom is -0.494 e. The molecule has 106 valence electrons. The summed E-state index contributed by atoms with van der Waals surface area (Å²) in [6, 6.07) is 19.2. The van der Waals surface area contributed by atoms with Crippen molar-refractivity contribution in [3.63, 3.8) is 0 Å². The van der Waals surface area contributed by atoms with E-state index in [1.807, 2.05) is 18.2 Å². The first-order chi connectivity index (χ1) is 9.79. The summed E-state index contributed by atoms with van der Waals surface area (Å²) in [6.45, 7) is 6.07. The van der Waals surface area contributed by atoms with Crippen LogP contribution in [0.5, 0.6) is 5.75 Å². The number of ether oxygens (including phenoxy) is 1. The quantitative estimate of drug-likeness (QED) is 0.816. The summed E-state index contributed by atoms with van der Waals surface area (Å²) in [6.07, 6.45) is 1.02. The van der Waals surface area contributed by atoms with Gasteiger partial charge in [-0.3, -0.25) is 0 Å².